The predicted octanol–water partition coefficient (Wildman–Crippen LogP) is 5.20. The minimum atomic E-state index is -2.02. The lowest BCUT2D eigenvalue weighted by Crippen LogP contribution is -2.44. The van der Waals surface area contributed by atoms with Crippen LogP contribution in [-0.2, 0) is 4.43 Å². The van der Waals surface area contributed by atoms with Crippen LogP contribution >= 0.6 is 0 Å². The molecule has 0 heterocycles. The second kappa shape index (κ2) is 7.64. The van der Waals surface area contributed by atoms with Crippen molar-refractivity contribution in [1.82, 2.24) is 4.90 Å². The van der Waals surface area contributed by atoms with Crippen molar-refractivity contribution in [3.63, 3.8) is 0 Å². The lowest BCUT2D eigenvalue weighted by molar-refractivity contribution is 0.0752. The van der Waals surface area contributed by atoms with E-state index < -0.39 is 8.32 Å². The molecule has 23 heavy (non-hydrogen) atoms. The van der Waals surface area contributed by atoms with E-state index in [4.69, 9.17) is 4.43 Å². The molecule has 4 heteroatoms. The number of hydrogen-bond acceptors (Lipinski definition) is 2. The Labute approximate surface area is 141 Å². The first-order valence-electron chi connectivity index (χ1n) is 7.97. The minimum Gasteiger partial charge on any atom is -0.532 e. The summed E-state index contributed by atoms with van der Waals surface area (Å²) < 4.78 is 6.37. The highest BCUT2D eigenvalue weighted by atomic mass is 28.4. The lowest BCUT2D eigenvalue weighted by atomic mass is 10.2. The van der Waals surface area contributed by atoms with Gasteiger partial charge in [0, 0.05) is 12.1 Å². The van der Waals surface area contributed by atoms with Crippen molar-refractivity contribution >= 4 is 14.2 Å². The van der Waals surface area contributed by atoms with Crippen molar-refractivity contribution in [2.75, 3.05) is 6.54 Å². The molecular weight excluding hydrogens is 302 g/mol. The van der Waals surface area contributed by atoms with Gasteiger partial charge in [-0.3, -0.25) is 9.69 Å². The third kappa shape index (κ3) is 4.83. The zero-order chi connectivity index (χ0) is 17.7. The third-order valence-corrected chi connectivity index (χ3v) is 8.59. The number of rotatable bonds is 6. The Morgan fingerprint density at radius 3 is 2.26 bits per heavy atom. The van der Waals surface area contributed by atoms with E-state index in [1.54, 1.807) is 11.0 Å². The van der Waals surface area contributed by atoms with Crippen molar-refractivity contribution in [1.29, 1.82) is 0 Å². The van der Waals surface area contributed by atoms with Crippen LogP contribution in [0.3, 0.4) is 0 Å². The Bertz CT molecular complexity index is 571. The van der Waals surface area contributed by atoms with E-state index in [9.17, 15) is 4.79 Å². The monoisotopic (exact) mass is 331 g/mol. The Balaban J connectivity index is 3.12. The van der Waals surface area contributed by atoms with Crippen LogP contribution in [-0.4, -0.2) is 25.7 Å². The van der Waals surface area contributed by atoms with Gasteiger partial charge in [0.05, 0.1) is 0 Å². The van der Waals surface area contributed by atoms with E-state index in [0.717, 1.165) is 0 Å². The molecule has 0 radical (unpaired) electrons. The van der Waals surface area contributed by atoms with E-state index in [-0.39, 0.29) is 10.9 Å². The first-order chi connectivity index (χ1) is 10.6. The molecule has 0 saturated heterocycles. The summed E-state index contributed by atoms with van der Waals surface area (Å²) in [4.78, 5) is 14.5. The first kappa shape index (κ1) is 19.2. The minimum absolute atomic E-state index is 0.0664. The van der Waals surface area contributed by atoms with E-state index >= 15 is 0 Å². The maximum Gasteiger partial charge on any atom is 0.260 e. The van der Waals surface area contributed by atoms with Gasteiger partial charge in [-0.2, -0.15) is 0 Å². The van der Waals surface area contributed by atoms with Crippen molar-refractivity contribution < 1.29 is 9.22 Å². The molecule has 1 rings (SSSR count). The van der Waals surface area contributed by atoms with E-state index in [0.29, 0.717) is 18.0 Å². The van der Waals surface area contributed by atoms with Gasteiger partial charge in [-0.25, -0.2) is 0 Å². The fourth-order valence-electron chi connectivity index (χ4n) is 1.82. The molecule has 1 aromatic rings. The lowest BCUT2D eigenvalue weighted by Gasteiger charge is -2.39. The van der Waals surface area contributed by atoms with E-state index in [1.165, 1.54) is 0 Å². The summed E-state index contributed by atoms with van der Waals surface area (Å²) in [6.07, 6.45) is 3.59. The summed E-state index contributed by atoms with van der Waals surface area (Å²) in [6.45, 7) is 17.0. The summed E-state index contributed by atoms with van der Waals surface area (Å²) in [5, 5.41) is 0.0664. The first-order valence-corrected chi connectivity index (χ1v) is 10.9. The van der Waals surface area contributed by atoms with Crippen LogP contribution in [0.15, 0.2) is 54.9 Å². The molecule has 3 nitrogen and oxygen atoms in total. The highest BCUT2D eigenvalue weighted by Crippen LogP contribution is 2.38. The fourth-order valence-corrected chi connectivity index (χ4v) is 2.88. The van der Waals surface area contributed by atoms with Crippen molar-refractivity contribution in [2.45, 2.75) is 45.8 Å². The van der Waals surface area contributed by atoms with E-state index in [2.05, 4.69) is 40.4 Å². The van der Waals surface area contributed by atoms with Gasteiger partial charge >= 0.3 is 0 Å². The Morgan fingerprint density at radius 1 is 1.26 bits per heavy atom. The maximum absolute atomic E-state index is 12.8. The molecule has 1 aromatic carbocycles. The quantitative estimate of drug-likeness (QED) is 0.407. The second-order valence-electron chi connectivity index (χ2n) is 7.06. The maximum atomic E-state index is 12.8. The van der Waals surface area contributed by atoms with Crippen molar-refractivity contribution in [3.8, 4) is 0 Å². The standard InChI is InChI=1S/C19H29NO2Si/c1-8-15-20(18(21)16-13-11-10-12-14-16)17(9-2)22-23(6,7)19(3,4)5/h8-14H,1,15H2,2-7H3/b17-9-. The molecule has 0 spiro atoms. The zero-order valence-corrected chi connectivity index (χ0v) is 16.2. The van der Waals surface area contributed by atoms with Crippen LogP contribution in [0.4, 0.5) is 0 Å². The number of hydrogen-bond donors (Lipinski definition) is 0. The van der Waals surface area contributed by atoms with Gasteiger partial charge in [-0.1, -0.05) is 45.0 Å². The fraction of sp³-hybridized carbons (Fsp3) is 0.421. The molecular formula is C19H29NO2Si. The van der Waals surface area contributed by atoms with Gasteiger partial charge in [0.1, 0.15) is 0 Å². The third-order valence-electron chi connectivity index (χ3n) is 4.26. The smallest absolute Gasteiger partial charge is 0.260 e. The van der Waals surface area contributed by atoms with Gasteiger partial charge in [-0.05, 0) is 43.3 Å². The molecule has 0 unspecified atom stereocenters. The van der Waals surface area contributed by atoms with Gasteiger partial charge in [0.15, 0.2) is 5.88 Å². The largest absolute Gasteiger partial charge is 0.532 e. The number of amides is 1. The predicted molar refractivity (Wildman–Crippen MR) is 99.7 cm³/mol. The van der Waals surface area contributed by atoms with Gasteiger partial charge < -0.3 is 4.43 Å². The molecule has 0 bridgehead atoms. The van der Waals surface area contributed by atoms with Crippen LogP contribution in [0.5, 0.6) is 0 Å². The van der Waals surface area contributed by atoms with Crippen LogP contribution in [0.2, 0.25) is 18.1 Å². The normalized spacial score (nSPS) is 12.7. The molecule has 0 saturated carbocycles. The SMILES string of the molecule is C=CCN(C(=O)c1ccccc1)/C(=C/C)O[Si](C)(C)C(C)(C)C. The van der Waals surface area contributed by atoms with Crippen molar-refractivity contribution in [2.24, 2.45) is 0 Å². The summed E-state index contributed by atoms with van der Waals surface area (Å²) >= 11 is 0. The summed E-state index contributed by atoms with van der Waals surface area (Å²) in [7, 11) is -2.02. The van der Waals surface area contributed by atoms with Crippen LogP contribution in [0.1, 0.15) is 38.1 Å². The number of carbonyl (C=O) groups is 1. The Hall–Kier alpha value is -1.81. The highest BCUT2D eigenvalue weighted by molar-refractivity contribution is 6.74. The zero-order valence-electron chi connectivity index (χ0n) is 15.2. The molecule has 126 valence electrons. The van der Waals surface area contributed by atoms with E-state index in [1.807, 2.05) is 43.3 Å². The van der Waals surface area contributed by atoms with Gasteiger partial charge in [0.25, 0.3) is 14.2 Å². The number of carbonyl (C=O) groups excluding carboxylic acids is 1. The molecule has 0 aromatic heterocycles. The molecule has 0 fully saturated rings. The van der Waals surface area contributed by atoms with Crippen LogP contribution in [0.25, 0.3) is 0 Å². The molecule has 0 aliphatic rings. The number of nitrogens with zero attached hydrogens (tertiary/aromatic N) is 1. The second-order valence-corrected chi connectivity index (χ2v) is 11.8. The molecule has 0 aliphatic heterocycles. The average Bonchev–Trinajstić information content (AvgIpc) is 2.49. The van der Waals surface area contributed by atoms with Crippen LogP contribution < -0.4 is 0 Å². The molecule has 0 atom stereocenters. The number of allylic oxidation sites excluding steroid dienone is 1. The molecule has 0 N–H and O–H groups in total. The molecule has 1 amide bonds. The van der Waals surface area contributed by atoms with Gasteiger partial charge in [-0.15, -0.1) is 6.58 Å². The summed E-state index contributed by atoms with van der Waals surface area (Å²) in [5.74, 6) is 0.544. The summed E-state index contributed by atoms with van der Waals surface area (Å²) in [5.41, 5.74) is 0.646. The molecule has 0 aliphatic carbocycles. The average molecular weight is 332 g/mol. The highest BCUT2D eigenvalue weighted by Gasteiger charge is 2.40. The van der Waals surface area contributed by atoms with Gasteiger partial charge in [0.2, 0.25) is 0 Å². The van der Waals surface area contributed by atoms with Crippen LogP contribution in [0, 0.1) is 0 Å². The summed E-state index contributed by atoms with van der Waals surface area (Å²) in [6, 6.07) is 9.26. The van der Waals surface area contributed by atoms with Crippen molar-refractivity contribution in [3.05, 3.63) is 60.5 Å². The number of benzene rings is 1. The topological polar surface area (TPSA) is 29.5 Å². The Morgan fingerprint density at radius 2 is 1.83 bits per heavy atom. The Kier molecular flexibility index (Phi) is 6.39.